The third-order valence-corrected chi connectivity index (χ3v) is 7.55. The third-order valence-electron chi connectivity index (χ3n) is 7.55. The number of para-hydroxylation sites is 1. The second-order valence-corrected chi connectivity index (χ2v) is 12.0. The van der Waals surface area contributed by atoms with Gasteiger partial charge < -0.3 is 14.0 Å². The fourth-order valence-electron chi connectivity index (χ4n) is 5.17. The molecule has 1 N–H and O–H groups in total. The first kappa shape index (κ1) is 30.5. The number of nitrogens with one attached hydrogen (secondary N) is 1. The number of rotatable bonds is 10. The molecule has 6 aromatic rings. The van der Waals surface area contributed by atoms with Crippen molar-refractivity contribution in [1.82, 2.24) is 40.1 Å². The molecule has 6 rings (SSSR count). The lowest BCUT2D eigenvalue weighted by molar-refractivity contribution is -0.161. The molecule has 0 fully saturated rings. The Morgan fingerprint density at radius 1 is 0.913 bits per heavy atom. The number of carbonyl (C=O) groups excluding carboxylic acids is 2. The van der Waals surface area contributed by atoms with Gasteiger partial charge in [0.1, 0.15) is 5.82 Å². The Balaban J connectivity index is 1.31. The molecule has 0 bridgehead atoms. The number of aryl methyl sites for hydroxylation is 1. The Labute approximate surface area is 265 Å². The predicted octanol–water partition coefficient (Wildman–Crippen LogP) is 5.92. The van der Waals surface area contributed by atoms with E-state index in [0.717, 1.165) is 52.7 Å². The molecule has 12 heteroatoms. The highest BCUT2D eigenvalue weighted by Gasteiger charge is 2.24. The first-order valence-corrected chi connectivity index (χ1v) is 15.1. The van der Waals surface area contributed by atoms with Crippen molar-refractivity contribution in [2.24, 2.45) is 5.41 Å². The summed E-state index contributed by atoms with van der Waals surface area (Å²) in [7, 11) is 0. The molecule has 0 saturated heterocycles. The summed E-state index contributed by atoms with van der Waals surface area (Å²) in [4.78, 5) is 39.8. The van der Waals surface area contributed by atoms with Crippen molar-refractivity contribution in [3.05, 3.63) is 83.8 Å². The average molecular weight is 619 g/mol. The topological polar surface area (TPSA) is 151 Å². The maximum atomic E-state index is 13.3. The molecule has 12 nitrogen and oxygen atoms in total. The minimum absolute atomic E-state index is 0.355. The standard InChI is InChI=1S/C34H34N8O4/c1-5-6-14-28-36-27-13-9-12-25(32(43)45-20-46-33(44)34(2,3)4)29(27)42(28)19-21-15-16-26-22(17-21)18-35-30(37-26)23-10-7-8-11-24(23)31-38-40-41-39-31/h7-13,15-18H,5-6,14,19-20H2,1-4H3,(H,38,39,40,41). The second kappa shape index (κ2) is 12.8. The molecule has 0 unspecified atom stereocenters. The quantitative estimate of drug-likeness (QED) is 0.145. The number of tetrazole rings is 1. The lowest BCUT2D eigenvalue weighted by Crippen LogP contribution is -2.24. The Bertz CT molecular complexity index is 2030. The van der Waals surface area contributed by atoms with E-state index in [4.69, 9.17) is 19.4 Å². The van der Waals surface area contributed by atoms with E-state index < -0.39 is 24.1 Å². The molecule has 0 aliphatic carbocycles. The normalized spacial score (nSPS) is 11.7. The van der Waals surface area contributed by atoms with E-state index in [1.54, 1.807) is 39.1 Å². The monoisotopic (exact) mass is 618 g/mol. The summed E-state index contributed by atoms with van der Waals surface area (Å²) >= 11 is 0. The summed E-state index contributed by atoms with van der Waals surface area (Å²) in [5.41, 5.74) is 4.38. The molecular weight excluding hydrogens is 584 g/mol. The number of aromatic amines is 1. The van der Waals surface area contributed by atoms with Gasteiger partial charge in [-0.1, -0.05) is 49.7 Å². The Morgan fingerprint density at radius 3 is 2.46 bits per heavy atom. The van der Waals surface area contributed by atoms with Gasteiger partial charge in [-0.3, -0.25) is 4.79 Å². The van der Waals surface area contributed by atoms with E-state index in [2.05, 4.69) is 37.1 Å². The van der Waals surface area contributed by atoms with E-state index >= 15 is 0 Å². The summed E-state index contributed by atoms with van der Waals surface area (Å²) < 4.78 is 12.6. The van der Waals surface area contributed by atoms with Gasteiger partial charge in [0.15, 0.2) is 5.82 Å². The number of benzene rings is 3. The van der Waals surface area contributed by atoms with E-state index in [9.17, 15) is 9.59 Å². The molecule has 0 aliphatic rings. The zero-order valence-corrected chi connectivity index (χ0v) is 26.1. The Kier molecular flexibility index (Phi) is 8.51. The van der Waals surface area contributed by atoms with E-state index in [-0.39, 0.29) is 0 Å². The van der Waals surface area contributed by atoms with E-state index in [1.165, 1.54) is 0 Å². The van der Waals surface area contributed by atoms with Gasteiger partial charge in [0, 0.05) is 35.7 Å². The van der Waals surface area contributed by atoms with Gasteiger partial charge in [-0.15, -0.1) is 10.2 Å². The van der Waals surface area contributed by atoms with Crippen LogP contribution in [-0.4, -0.2) is 58.9 Å². The summed E-state index contributed by atoms with van der Waals surface area (Å²) in [6, 6.07) is 19.1. The maximum absolute atomic E-state index is 13.3. The van der Waals surface area contributed by atoms with Gasteiger partial charge in [-0.25, -0.2) is 19.7 Å². The average Bonchev–Trinajstić information content (AvgIpc) is 3.71. The van der Waals surface area contributed by atoms with Gasteiger partial charge in [0.25, 0.3) is 0 Å². The number of nitrogens with zero attached hydrogens (tertiary/aromatic N) is 7. The van der Waals surface area contributed by atoms with Crippen LogP contribution in [0.25, 0.3) is 44.7 Å². The number of ether oxygens (including phenoxy) is 2. The number of hydrogen-bond acceptors (Lipinski definition) is 10. The van der Waals surface area contributed by atoms with Crippen LogP contribution in [0.3, 0.4) is 0 Å². The fourth-order valence-corrected chi connectivity index (χ4v) is 5.17. The number of esters is 2. The van der Waals surface area contributed by atoms with Crippen molar-refractivity contribution in [2.75, 3.05) is 6.79 Å². The number of imidazole rings is 1. The molecule has 3 aromatic carbocycles. The lowest BCUT2D eigenvalue weighted by Gasteiger charge is -2.16. The first-order valence-electron chi connectivity index (χ1n) is 15.1. The molecule has 0 atom stereocenters. The Morgan fingerprint density at radius 2 is 1.72 bits per heavy atom. The summed E-state index contributed by atoms with van der Waals surface area (Å²) in [6.07, 6.45) is 4.51. The smallest absolute Gasteiger partial charge is 0.343 e. The van der Waals surface area contributed by atoms with Gasteiger partial charge in [0.2, 0.25) is 12.6 Å². The zero-order chi connectivity index (χ0) is 32.3. The Hall–Kier alpha value is -5.52. The minimum atomic E-state index is -0.703. The molecule has 3 aromatic heterocycles. The van der Waals surface area contributed by atoms with Crippen molar-refractivity contribution in [2.45, 2.75) is 53.5 Å². The number of aromatic nitrogens is 8. The predicted molar refractivity (Wildman–Crippen MR) is 171 cm³/mol. The first-order chi connectivity index (χ1) is 22.2. The van der Waals surface area contributed by atoms with Gasteiger partial charge in [0.05, 0.1) is 27.5 Å². The van der Waals surface area contributed by atoms with Crippen LogP contribution >= 0.6 is 0 Å². The van der Waals surface area contributed by atoms with Crippen molar-refractivity contribution in [3.63, 3.8) is 0 Å². The van der Waals surface area contributed by atoms with Crippen LogP contribution in [0.5, 0.6) is 0 Å². The number of hydrogen-bond donors (Lipinski definition) is 1. The highest BCUT2D eigenvalue weighted by Crippen LogP contribution is 2.29. The highest BCUT2D eigenvalue weighted by molar-refractivity contribution is 6.02. The number of fused-ring (bicyclic) bond motifs is 2. The van der Waals surface area contributed by atoms with Crippen molar-refractivity contribution < 1.29 is 19.1 Å². The van der Waals surface area contributed by atoms with Crippen LogP contribution in [0.4, 0.5) is 0 Å². The third kappa shape index (κ3) is 6.32. The van der Waals surface area contributed by atoms with E-state index in [1.807, 2.05) is 48.5 Å². The largest absolute Gasteiger partial charge is 0.427 e. The summed E-state index contributed by atoms with van der Waals surface area (Å²) in [6.45, 7) is 7.36. The molecule has 0 radical (unpaired) electrons. The molecule has 3 heterocycles. The molecule has 0 amide bonds. The van der Waals surface area contributed by atoms with Gasteiger partial charge in [-0.2, -0.15) is 5.21 Å². The van der Waals surface area contributed by atoms with Crippen LogP contribution in [0.2, 0.25) is 0 Å². The second-order valence-electron chi connectivity index (χ2n) is 12.0. The van der Waals surface area contributed by atoms with Crippen LogP contribution in [0, 0.1) is 5.41 Å². The van der Waals surface area contributed by atoms with Crippen molar-refractivity contribution in [3.8, 4) is 22.8 Å². The molecule has 0 aliphatic heterocycles. The molecule has 234 valence electrons. The summed E-state index contributed by atoms with van der Waals surface area (Å²) in [5.74, 6) is 0.862. The van der Waals surface area contributed by atoms with Crippen molar-refractivity contribution in [1.29, 1.82) is 0 Å². The number of unbranched alkanes of at least 4 members (excludes halogenated alkanes) is 1. The number of H-pyrrole nitrogens is 1. The minimum Gasteiger partial charge on any atom is -0.427 e. The molecule has 0 saturated carbocycles. The van der Waals surface area contributed by atoms with Crippen LogP contribution in [0.1, 0.15) is 62.3 Å². The van der Waals surface area contributed by atoms with Crippen LogP contribution in [0.15, 0.2) is 66.9 Å². The molecule has 0 spiro atoms. The highest BCUT2D eigenvalue weighted by atomic mass is 16.7. The number of carbonyl (C=O) groups is 2. The van der Waals surface area contributed by atoms with Crippen LogP contribution in [-0.2, 0) is 27.2 Å². The SMILES string of the molecule is CCCCc1nc2cccc(C(=O)OCOC(=O)C(C)(C)C)c2n1Cc1ccc2nc(-c3ccccc3-c3nn[nH]n3)ncc2c1. The van der Waals surface area contributed by atoms with Crippen LogP contribution < -0.4 is 0 Å². The van der Waals surface area contributed by atoms with Gasteiger partial charge in [-0.05, 0) is 62.2 Å². The molecular formula is C34H34N8O4. The lowest BCUT2D eigenvalue weighted by atomic mass is 9.98. The zero-order valence-electron chi connectivity index (χ0n) is 26.1. The van der Waals surface area contributed by atoms with E-state index in [0.29, 0.717) is 34.8 Å². The van der Waals surface area contributed by atoms with Crippen molar-refractivity contribution >= 4 is 33.9 Å². The summed E-state index contributed by atoms with van der Waals surface area (Å²) in [5, 5.41) is 15.3. The molecule has 46 heavy (non-hydrogen) atoms. The maximum Gasteiger partial charge on any atom is 0.343 e. The van der Waals surface area contributed by atoms with Gasteiger partial charge >= 0.3 is 11.9 Å². The fraction of sp³-hybridized carbons (Fsp3) is 0.294.